The number of hydrogen-bond donors (Lipinski definition) is 2. The number of benzene rings is 4. The molecule has 45 heavy (non-hydrogen) atoms. The number of aromatic nitrogens is 2. The minimum atomic E-state index is -4.48. The molecule has 0 saturated heterocycles. The van der Waals surface area contributed by atoms with Gasteiger partial charge in [0.05, 0.1) is 16.1 Å². The first-order valence-corrected chi connectivity index (χ1v) is 14.3. The molecule has 4 aromatic carbocycles. The number of nitrogens with one attached hydrogen (secondary N) is 1. The van der Waals surface area contributed by atoms with Gasteiger partial charge in [-0.15, -0.1) is 0 Å². The van der Waals surface area contributed by atoms with Crippen molar-refractivity contribution in [2.45, 2.75) is 44.8 Å². The summed E-state index contributed by atoms with van der Waals surface area (Å²) in [6.07, 6.45) is -4.24. The molecule has 1 amide bonds. The fourth-order valence-corrected chi connectivity index (χ4v) is 4.79. The third kappa shape index (κ3) is 7.34. The van der Waals surface area contributed by atoms with E-state index in [-0.39, 0.29) is 28.6 Å². The van der Waals surface area contributed by atoms with E-state index < -0.39 is 34.9 Å². The van der Waals surface area contributed by atoms with Crippen molar-refractivity contribution in [1.82, 2.24) is 15.5 Å². The molecule has 0 saturated carbocycles. The van der Waals surface area contributed by atoms with Crippen LogP contribution in [0, 0.1) is 5.82 Å². The lowest BCUT2D eigenvalue weighted by Crippen LogP contribution is -2.30. The Kier molecular flexibility index (Phi) is 8.71. The summed E-state index contributed by atoms with van der Waals surface area (Å²) in [5.74, 6) is -0.890. The fourth-order valence-electron chi connectivity index (χ4n) is 4.61. The van der Waals surface area contributed by atoms with Gasteiger partial charge in [0.15, 0.2) is 5.82 Å². The standard InChI is InChI=1S/C34H28ClF4N3O3/c1-33(2,3)32-41-31(45-42-32)28(16-19-4-6-20(7-5-19)23-10-14-27(36)26(35)18-23)40-30(44)25-17-22(11-15-29(25)43)21-8-12-24(13-9-21)34(37,38)39/h4-15,17-18,28,43H,16H2,1-3H3,(H,40,44). The molecule has 1 heterocycles. The maximum atomic E-state index is 13.6. The van der Waals surface area contributed by atoms with Crippen molar-refractivity contribution in [3.05, 3.63) is 124 Å². The average molecular weight is 638 g/mol. The number of amides is 1. The van der Waals surface area contributed by atoms with E-state index in [0.29, 0.717) is 17.0 Å². The van der Waals surface area contributed by atoms with Crippen molar-refractivity contribution < 1.29 is 32.0 Å². The third-order valence-electron chi connectivity index (χ3n) is 7.15. The zero-order valence-electron chi connectivity index (χ0n) is 24.4. The molecule has 0 radical (unpaired) electrons. The van der Waals surface area contributed by atoms with Crippen LogP contribution >= 0.6 is 11.6 Å². The van der Waals surface area contributed by atoms with Crippen molar-refractivity contribution in [3.63, 3.8) is 0 Å². The second-order valence-electron chi connectivity index (χ2n) is 11.6. The lowest BCUT2D eigenvalue weighted by Gasteiger charge is -2.17. The smallest absolute Gasteiger partial charge is 0.416 e. The molecule has 1 atom stereocenters. The van der Waals surface area contributed by atoms with Gasteiger partial charge in [-0.25, -0.2) is 4.39 Å². The summed E-state index contributed by atoms with van der Waals surface area (Å²) in [6.45, 7) is 5.75. The molecule has 0 aliphatic carbocycles. The van der Waals surface area contributed by atoms with Gasteiger partial charge in [0.25, 0.3) is 5.91 Å². The Labute approximate surface area is 261 Å². The van der Waals surface area contributed by atoms with Crippen LogP contribution in [0.25, 0.3) is 22.3 Å². The molecule has 2 N–H and O–H groups in total. The van der Waals surface area contributed by atoms with Gasteiger partial charge in [-0.3, -0.25) is 4.79 Å². The molecule has 1 aromatic heterocycles. The number of carbonyl (C=O) groups excluding carboxylic acids is 1. The maximum Gasteiger partial charge on any atom is 0.416 e. The Morgan fingerprint density at radius 1 is 0.889 bits per heavy atom. The number of halogens is 5. The molecule has 0 spiro atoms. The molecule has 0 aliphatic rings. The lowest BCUT2D eigenvalue weighted by atomic mass is 9.96. The van der Waals surface area contributed by atoms with E-state index in [9.17, 15) is 27.5 Å². The van der Waals surface area contributed by atoms with Crippen LogP contribution in [0.3, 0.4) is 0 Å². The molecule has 0 bridgehead atoms. The van der Waals surface area contributed by atoms with E-state index in [1.807, 2.05) is 45.0 Å². The monoisotopic (exact) mass is 637 g/mol. The highest BCUT2D eigenvalue weighted by Crippen LogP contribution is 2.33. The molecule has 11 heteroatoms. The molecule has 6 nitrogen and oxygen atoms in total. The number of nitrogens with zero attached hydrogens (tertiary/aromatic N) is 2. The quantitative estimate of drug-likeness (QED) is 0.174. The van der Waals surface area contributed by atoms with Gasteiger partial charge in [0, 0.05) is 11.8 Å². The Hall–Kier alpha value is -4.70. The van der Waals surface area contributed by atoms with Gasteiger partial charge < -0.3 is 14.9 Å². The van der Waals surface area contributed by atoms with Crippen LogP contribution < -0.4 is 5.32 Å². The van der Waals surface area contributed by atoms with Crippen molar-refractivity contribution in [2.24, 2.45) is 0 Å². The first kappa shape index (κ1) is 31.7. The Morgan fingerprint density at radius 2 is 1.47 bits per heavy atom. The zero-order chi connectivity index (χ0) is 32.5. The highest BCUT2D eigenvalue weighted by molar-refractivity contribution is 6.31. The largest absolute Gasteiger partial charge is 0.507 e. The van der Waals surface area contributed by atoms with E-state index in [1.54, 1.807) is 6.07 Å². The Morgan fingerprint density at radius 3 is 2.04 bits per heavy atom. The van der Waals surface area contributed by atoms with E-state index in [4.69, 9.17) is 16.1 Å². The number of aromatic hydroxyl groups is 1. The molecule has 5 rings (SSSR count). The molecule has 5 aromatic rings. The van der Waals surface area contributed by atoms with Gasteiger partial charge in [0.2, 0.25) is 5.89 Å². The predicted molar refractivity (Wildman–Crippen MR) is 162 cm³/mol. The predicted octanol–water partition coefficient (Wildman–Crippen LogP) is 8.93. The van der Waals surface area contributed by atoms with Gasteiger partial charge in [-0.05, 0) is 64.2 Å². The van der Waals surface area contributed by atoms with E-state index in [2.05, 4.69) is 15.5 Å². The molecule has 232 valence electrons. The summed E-state index contributed by atoms with van der Waals surface area (Å²) in [5.41, 5.74) is 1.90. The molecular formula is C34H28ClF4N3O3. The van der Waals surface area contributed by atoms with Gasteiger partial charge in [-0.2, -0.15) is 18.2 Å². The van der Waals surface area contributed by atoms with Crippen LogP contribution in [0.5, 0.6) is 5.75 Å². The van der Waals surface area contributed by atoms with E-state index >= 15 is 0 Å². The van der Waals surface area contributed by atoms with Gasteiger partial charge in [0.1, 0.15) is 17.6 Å². The van der Waals surface area contributed by atoms with Crippen molar-refractivity contribution in [2.75, 3.05) is 0 Å². The molecular weight excluding hydrogens is 610 g/mol. The third-order valence-corrected chi connectivity index (χ3v) is 7.44. The fraction of sp³-hybridized carbons (Fsp3) is 0.206. The van der Waals surface area contributed by atoms with Crippen LogP contribution in [-0.2, 0) is 18.0 Å². The first-order valence-electron chi connectivity index (χ1n) is 13.9. The summed E-state index contributed by atoms with van der Waals surface area (Å²) in [6, 6.07) is 19.7. The summed E-state index contributed by atoms with van der Waals surface area (Å²) >= 11 is 5.95. The van der Waals surface area contributed by atoms with Crippen molar-refractivity contribution in [1.29, 1.82) is 0 Å². The molecule has 0 fully saturated rings. The minimum absolute atomic E-state index is 0.0102. The second-order valence-corrected chi connectivity index (χ2v) is 12.0. The first-order chi connectivity index (χ1) is 21.2. The van der Waals surface area contributed by atoms with Crippen molar-refractivity contribution >= 4 is 17.5 Å². The van der Waals surface area contributed by atoms with Crippen LogP contribution in [0.15, 0.2) is 89.5 Å². The molecule has 0 aliphatic heterocycles. The SMILES string of the molecule is CC(C)(C)c1noc(C(Cc2ccc(-c3ccc(F)c(Cl)c3)cc2)NC(=O)c2cc(-c3ccc(C(F)(F)F)cc3)ccc2O)n1. The number of phenolic OH excluding ortho intramolecular Hbond substituents is 1. The van der Waals surface area contributed by atoms with Gasteiger partial charge >= 0.3 is 6.18 Å². The molecule has 1 unspecified atom stereocenters. The highest BCUT2D eigenvalue weighted by atomic mass is 35.5. The second kappa shape index (κ2) is 12.4. The summed E-state index contributed by atoms with van der Waals surface area (Å²) in [4.78, 5) is 18.1. The van der Waals surface area contributed by atoms with Crippen LogP contribution in [0.2, 0.25) is 5.02 Å². The van der Waals surface area contributed by atoms with Crippen molar-refractivity contribution in [3.8, 4) is 28.0 Å². The number of rotatable bonds is 7. The normalized spacial score (nSPS) is 12.6. The number of hydrogen-bond acceptors (Lipinski definition) is 5. The average Bonchev–Trinajstić information content (AvgIpc) is 3.50. The van der Waals surface area contributed by atoms with Crippen LogP contribution in [0.1, 0.15) is 60.0 Å². The number of carbonyl (C=O) groups is 1. The van der Waals surface area contributed by atoms with E-state index in [0.717, 1.165) is 28.8 Å². The van der Waals surface area contributed by atoms with Crippen LogP contribution in [-0.4, -0.2) is 21.2 Å². The van der Waals surface area contributed by atoms with Crippen LogP contribution in [0.4, 0.5) is 17.6 Å². The maximum absolute atomic E-state index is 13.6. The lowest BCUT2D eigenvalue weighted by molar-refractivity contribution is -0.137. The number of alkyl halides is 3. The summed E-state index contributed by atoms with van der Waals surface area (Å²) in [7, 11) is 0. The van der Waals surface area contributed by atoms with Gasteiger partial charge in [-0.1, -0.05) is 86.1 Å². The summed E-state index contributed by atoms with van der Waals surface area (Å²) in [5, 5.41) is 17.5. The van der Waals surface area contributed by atoms with E-state index in [1.165, 1.54) is 42.5 Å². The zero-order valence-corrected chi connectivity index (χ0v) is 25.2. The highest BCUT2D eigenvalue weighted by Gasteiger charge is 2.30. The number of phenols is 1. The minimum Gasteiger partial charge on any atom is -0.507 e. The Bertz CT molecular complexity index is 1830. The Balaban J connectivity index is 1.42. The topological polar surface area (TPSA) is 88.2 Å². The summed E-state index contributed by atoms with van der Waals surface area (Å²) < 4.78 is 58.3.